The molecule has 0 saturated heterocycles. The number of rotatable bonds is 7. The molecule has 2 aromatic heterocycles. The third-order valence-corrected chi connectivity index (χ3v) is 7.33. The molecule has 7 nitrogen and oxygen atoms in total. The highest BCUT2D eigenvalue weighted by molar-refractivity contribution is 5.71. The Bertz CT molecular complexity index is 1270. The second kappa shape index (κ2) is 9.29. The second-order valence-electron chi connectivity index (χ2n) is 9.77. The third-order valence-electron chi connectivity index (χ3n) is 7.33. The van der Waals surface area contributed by atoms with E-state index < -0.39 is 11.9 Å². The number of methoxy groups -OCH3 is 1. The number of aliphatic carboxylic acids is 1. The molecule has 1 aliphatic heterocycles. The van der Waals surface area contributed by atoms with E-state index in [1.165, 1.54) is 0 Å². The van der Waals surface area contributed by atoms with Crippen molar-refractivity contribution in [1.29, 1.82) is 0 Å². The zero-order valence-electron chi connectivity index (χ0n) is 20.6. The van der Waals surface area contributed by atoms with E-state index in [2.05, 4.69) is 23.2 Å². The molecule has 3 aromatic rings. The van der Waals surface area contributed by atoms with Crippen LogP contribution in [0.25, 0.3) is 11.3 Å². The number of pyridine rings is 1. The zero-order chi connectivity index (χ0) is 24.7. The lowest BCUT2D eigenvalue weighted by molar-refractivity contribution is -0.142. The van der Waals surface area contributed by atoms with E-state index in [9.17, 15) is 9.90 Å². The van der Waals surface area contributed by atoms with E-state index in [0.717, 1.165) is 70.8 Å². The summed E-state index contributed by atoms with van der Waals surface area (Å²) in [5, 5.41) is 9.64. The minimum absolute atomic E-state index is 0.0168. The molecular weight excluding hydrogens is 442 g/mol. The predicted molar refractivity (Wildman–Crippen MR) is 132 cm³/mol. The van der Waals surface area contributed by atoms with Crippen LogP contribution in [0.1, 0.15) is 66.3 Å². The average molecular weight is 474 g/mol. The number of fused-ring (bicyclic) bond motifs is 1. The van der Waals surface area contributed by atoms with Crippen LogP contribution >= 0.6 is 0 Å². The fourth-order valence-corrected chi connectivity index (χ4v) is 5.19. The van der Waals surface area contributed by atoms with E-state index in [-0.39, 0.29) is 12.0 Å². The normalized spacial score (nSPS) is 18.8. The fraction of sp³-hybridized carbons (Fsp3) is 0.429. The van der Waals surface area contributed by atoms with Crippen LogP contribution in [0.4, 0.5) is 0 Å². The molecule has 1 N–H and O–H groups in total. The van der Waals surface area contributed by atoms with Crippen LogP contribution < -0.4 is 9.47 Å². The van der Waals surface area contributed by atoms with Gasteiger partial charge in [0.05, 0.1) is 30.6 Å². The van der Waals surface area contributed by atoms with E-state index >= 15 is 0 Å². The van der Waals surface area contributed by atoms with Crippen LogP contribution in [0.3, 0.4) is 0 Å². The molecular formula is C28H31N3O4. The molecule has 2 aliphatic rings. The standard InChI is InChI=1S/C28H31N3O4/c1-15-13-29-25(34-4)12-21(15)22-14-30-27(17(3)31-22)23-10-9-18-5-8-20(11-24(18)35-23)26(19-6-7-19)16(2)28(32)33/h5,8,11-14,16,19,23,26H,6-7,9-10H2,1-4H3,(H,32,33)/t16-,23?,26-/m0/s1. The molecule has 0 radical (unpaired) electrons. The molecule has 1 aromatic carbocycles. The Morgan fingerprint density at radius 1 is 1.14 bits per heavy atom. The Balaban J connectivity index is 1.41. The van der Waals surface area contributed by atoms with Gasteiger partial charge in [0.25, 0.3) is 0 Å². The summed E-state index contributed by atoms with van der Waals surface area (Å²) in [5.41, 5.74) is 6.60. The first-order valence-electron chi connectivity index (χ1n) is 12.2. The number of aryl methyl sites for hydroxylation is 3. The van der Waals surface area contributed by atoms with Crippen molar-refractivity contribution >= 4 is 5.97 Å². The van der Waals surface area contributed by atoms with Gasteiger partial charge in [-0.3, -0.25) is 9.78 Å². The average Bonchev–Trinajstić information content (AvgIpc) is 3.69. The van der Waals surface area contributed by atoms with E-state index in [1.807, 2.05) is 26.8 Å². The molecule has 1 aliphatic carbocycles. The Morgan fingerprint density at radius 2 is 1.94 bits per heavy atom. The van der Waals surface area contributed by atoms with Crippen molar-refractivity contribution in [3.63, 3.8) is 0 Å². The highest BCUT2D eigenvalue weighted by Gasteiger charge is 2.39. The van der Waals surface area contributed by atoms with E-state index in [4.69, 9.17) is 19.4 Å². The molecule has 1 fully saturated rings. The molecule has 5 rings (SSSR count). The number of aromatic nitrogens is 3. The molecule has 0 bridgehead atoms. The zero-order valence-corrected chi connectivity index (χ0v) is 20.6. The van der Waals surface area contributed by atoms with Crippen molar-refractivity contribution in [2.24, 2.45) is 11.8 Å². The van der Waals surface area contributed by atoms with Gasteiger partial charge in [-0.1, -0.05) is 19.1 Å². The molecule has 35 heavy (non-hydrogen) atoms. The van der Waals surface area contributed by atoms with Gasteiger partial charge in [-0.2, -0.15) is 0 Å². The maximum Gasteiger partial charge on any atom is 0.306 e. The molecule has 1 saturated carbocycles. The predicted octanol–water partition coefficient (Wildman–Crippen LogP) is 5.44. The molecule has 182 valence electrons. The van der Waals surface area contributed by atoms with Crippen molar-refractivity contribution in [1.82, 2.24) is 15.0 Å². The fourth-order valence-electron chi connectivity index (χ4n) is 5.19. The summed E-state index contributed by atoms with van der Waals surface area (Å²) in [6.45, 7) is 5.77. The SMILES string of the molecule is COc1cc(-c2cnc(C3CCc4ccc([C@H](C5CC5)[C@H](C)C(=O)O)cc4O3)c(C)n2)c(C)cn1. The number of carbonyl (C=O) groups is 1. The quantitative estimate of drug-likeness (QED) is 0.488. The number of nitrogens with zero attached hydrogens (tertiary/aromatic N) is 3. The van der Waals surface area contributed by atoms with Crippen LogP contribution in [0, 0.1) is 25.7 Å². The lowest BCUT2D eigenvalue weighted by Crippen LogP contribution is -2.22. The molecule has 3 heterocycles. The summed E-state index contributed by atoms with van der Waals surface area (Å²) in [7, 11) is 1.60. The largest absolute Gasteiger partial charge is 0.484 e. The summed E-state index contributed by atoms with van der Waals surface area (Å²) < 4.78 is 11.7. The summed E-state index contributed by atoms with van der Waals surface area (Å²) in [4.78, 5) is 25.6. The topological polar surface area (TPSA) is 94.4 Å². The number of carboxylic acid groups (broad SMARTS) is 1. The third kappa shape index (κ3) is 4.59. The Kier molecular flexibility index (Phi) is 6.17. The number of hydrogen-bond acceptors (Lipinski definition) is 6. The molecule has 7 heteroatoms. The van der Waals surface area contributed by atoms with Crippen molar-refractivity contribution in [2.45, 2.75) is 58.5 Å². The summed E-state index contributed by atoms with van der Waals surface area (Å²) in [6.07, 6.45) is 7.26. The first-order chi connectivity index (χ1) is 16.9. The number of ether oxygens (including phenoxy) is 2. The van der Waals surface area contributed by atoms with Gasteiger partial charge in [0.2, 0.25) is 5.88 Å². The number of carboxylic acids is 1. The maximum atomic E-state index is 11.7. The van der Waals surface area contributed by atoms with Gasteiger partial charge in [-0.05, 0) is 74.1 Å². The van der Waals surface area contributed by atoms with Crippen LogP contribution in [-0.4, -0.2) is 33.1 Å². The minimum atomic E-state index is -0.744. The van der Waals surface area contributed by atoms with Crippen molar-refractivity contribution in [2.75, 3.05) is 7.11 Å². The lowest BCUT2D eigenvalue weighted by Gasteiger charge is -2.28. The Hall–Kier alpha value is -3.48. The smallest absolute Gasteiger partial charge is 0.306 e. The van der Waals surface area contributed by atoms with Crippen LogP contribution in [0.5, 0.6) is 11.6 Å². The number of hydrogen-bond donors (Lipinski definition) is 1. The van der Waals surface area contributed by atoms with Crippen molar-refractivity contribution in [3.05, 3.63) is 64.7 Å². The molecule has 0 spiro atoms. The Labute approximate surface area is 205 Å². The summed E-state index contributed by atoms with van der Waals surface area (Å²) in [6, 6.07) is 8.14. The second-order valence-corrected chi connectivity index (χ2v) is 9.77. The molecule has 3 atom stereocenters. The van der Waals surface area contributed by atoms with Gasteiger partial charge in [0.1, 0.15) is 17.5 Å². The monoisotopic (exact) mass is 473 g/mol. The summed E-state index contributed by atoms with van der Waals surface area (Å²) >= 11 is 0. The lowest BCUT2D eigenvalue weighted by atomic mass is 9.82. The first-order valence-corrected chi connectivity index (χ1v) is 12.2. The Morgan fingerprint density at radius 3 is 2.63 bits per heavy atom. The number of benzene rings is 1. The van der Waals surface area contributed by atoms with Gasteiger partial charge in [0, 0.05) is 17.8 Å². The summed E-state index contributed by atoms with van der Waals surface area (Å²) in [5.74, 6) is 0.667. The molecule has 0 amide bonds. The molecule has 1 unspecified atom stereocenters. The van der Waals surface area contributed by atoms with Gasteiger partial charge in [0.15, 0.2) is 0 Å². The van der Waals surface area contributed by atoms with E-state index in [1.54, 1.807) is 19.5 Å². The first kappa shape index (κ1) is 23.3. The van der Waals surface area contributed by atoms with Gasteiger partial charge in [-0.15, -0.1) is 0 Å². The van der Waals surface area contributed by atoms with E-state index in [0.29, 0.717) is 11.8 Å². The van der Waals surface area contributed by atoms with Crippen LogP contribution in [0.2, 0.25) is 0 Å². The van der Waals surface area contributed by atoms with Gasteiger partial charge >= 0.3 is 5.97 Å². The highest BCUT2D eigenvalue weighted by atomic mass is 16.5. The van der Waals surface area contributed by atoms with Crippen LogP contribution in [0.15, 0.2) is 36.7 Å². The van der Waals surface area contributed by atoms with Crippen molar-refractivity contribution < 1.29 is 19.4 Å². The van der Waals surface area contributed by atoms with Crippen molar-refractivity contribution in [3.8, 4) is 22.9 Å². The van der Waals surface area contributed by atoms with Crippen LogP contribution in [-0.2, 0) is 11.2 Å². The van der Waals surface area contributed by atoms with Gasteiger partial charge in [-0.25, -0.2) is 9.97 Å². The highest BCUT2D eigenvalue weighted by Crippen LogP contribution is 2.48. The minimum Gasteiger partial charge on any atom is -0.484 e. The maximum absolute atomic E-state index is 11.7. The van der Waals surface area contributed by atoms with Gasteiger partial charge < -0.3 is 14.6 Å².